The molecule has 0 bridgehead atoms. The van der Waals surface area contributed by atoms with Crippen LogP contribution in [0.1, 0.15) is 0 Å². The number of hydrogen-bond donors (Lipinski definition) is 0. The summed E-state index contributed by atoms with van der Waals surface area (Å²) in [6, 6.07) is 0. The van der Waals surface area contributed by atoms with E-state index in [0.29, 0.717) is 0 Å². The molecular weight excluding hydrogens is 123 g/mol. The second kappa shape index (κ2) is 3.27. The normalized spacial score (nSPS) is 15.0. The summed E-state index contributed by atoms with van der Waals surface area (Å²) in [7, 11) is 0. The van der Waals surface area contributed by atoms with E-state index in [1.54, 1.807) is 11.4 Å². The van der Waals surface area contributed by atoms with Gasteiger partial charge in [-0.05, 0) is 12.9 Å². The van der Waals surface area contributed by atoms with Crippen LogP contribution in [0.2, 0.25) is 0 Å². The lowest BCUT2D eigenvalue weighted by Gasteiger charge is -1.87. The van der Waals surface area contributed by atoms with E-state index in [2.05, 4.69) is 0 Å². The number of rotatable bonds is 1. The topological polar surface area (TPSA) is 0 Å². The Morgan fingerprint density at radius 2 is 2.00 bits per heavy atom. The first-order valence-electron chi connectivity index (χ1n) is 1.21. The summed E-state index contributed by atoms with van der Waals surface area (Å²) < 4.78 is 0. The van der Waals surface area contributed by atoms with Gasteiger partial charge >= 0.3 is 0 Å². The molecule has 0 saturated carbocycles. The fraction of sp³-hybridized carbons (Fsp3) is 1.00. The Kier molecular flexibility index (Phi) is 3.97. The molecule has 0 nitrogen and oxygen atoms in total. The first-order valence-corrected chi connectivity index (χ1v) is 5.73. The molecule has 0 saturated heterocycles. The third-order valence-corrected chi connectivity index (χ3v) is 3.51. The highest BCUT2D eigenvalue weighted by Gasteiger charge is 1.83. The van der Waals surface area contributed by atoms with Crippen molar-refractivity contribution < 1.29 is 0 Å². The van der Waals surface area contributed by atoms with Crippen molar-refractivity contribution in [2.75, 3.05) is 12.9 Å². The molecule has 0 amide bonds. The minimum atomic E-state index is -0.209. The predicted molar refractivity (Wildman–Crippen MR) is 32.2 cm³/mol. The van der Waals surface area contributed by atoms with Gasteiger partial charge in [0.25, 0.3) is 0 Å². The third kappa shape index (κ3) is 5.07. The van der Waals surface area contributed by atoms with Crippen LogP contribution in [0.5, 0.6) is 0 Å². The minimum absolute atomic E-state index is 0.209. The van der Waals surface area contributed by atoms with Crippen molar-refractivity contribution in [1.29, 1.82) is 0 Å². The maximum Gasteiger partial charge on any atom is 0.0458 e. The highest BCUT2D eigenvalue weighted by atomic mass is 35.7. The van der Waals surface area contributed by atoms with Crippen LogP contribution in [0.4, 0.5) is 0 Å². The summed E-state index contributed by atoms with van der Waals surface area (Å²) in [4.78, 5) is 0. The van der Waals surface area contributed by atoms with Crippen molar-refractivity contribution in [3.05, 3.63) is 0 Å². The minimum Gasteiger partial charge on any atom is -0.121 e. The van der Waals surface area contributed by atoms with Crippen LogP contribution >= 0.6 is 29.1 Å². The fourth-order valence-corrected chi connectivity index (χ4v) is 0. The van der Waals surface area contributed by atoms with E-state index >= 15 is 0 Å². The quantitative estimate of drug-likeness (QED) is 0.489. The van der Waals surface area contributed by atoms with E-state index in [-0.39, 0.29) is 6.48 Å². The van der Waals surface area contributed by atoms with Crippen molar-refractivity contribution in [3.63, 3.8) is 0 Å². The highest BCUT2D eigenvalue weighted by molar-refractivity contribution is 8.62. The summed E-state index contributed by atoms with van der Waals surface area (Å²) in [5.41, 5.74) is 0. The van der Waals surface area contributed by atoms with Crippen molar-refractivity contribution in [3.8, 4) is 0 Å². The maximum absolute atomic E-state index is 5.49. The Balaban J connectivity index is 2.54. The standard InChI is InChI=1S/C2H6ClPS/c1-4(3)5-2/h1-2H3. The molecule has 32 valence electrons. The zero-order chi connectivity index (χ0) is 4.28. The molecule has 0 aromatic carbocycles. The van der Waals surface area contributed by atoms with E-state index in [4.69, 9.17) is 11.2 Å². The van der Waals surface area contributed by atoms with Gasteiger partial charge in [-0.2, -0.15) is 0 Å². The summed E-state index contributed by atoms with van der Waals surface area (Å²) in [6.45, 7) is 1.81. The molecule has 3 heteroatoms. The SMILES string of the molecule is CSP(C)Cl. The van der Waals surface area contributed by atoms with Crippen molar-refractivity contribution in [1.82, 2.24) is 0 Å². The van der Waals surface area contributed by atoms with Crippen LogP contribution < -0.4 is 0 Å². The molecule has 1 atom stereocenters. The van der Waals surface area contributed by atoms with Crippen LogP contribution in [-0.2, 0) is 0 Å². The second-order valence-electron chi connectivity index (χ2n) is 0.603. The zero-order valence-corrected chi connectivity index (χ0v) is 5.70. The molecule has 0 aromatic rings. The Hall–Kier alpha value is 1.07. The van der Waals surface area contributed by atoms with Crippen LogP contribution in [0.25, 0.3) is 0 Å². The molecule has 0 fully saturated rings. The van der Waals surface area contributed by atoms with E-state index in [9.17, 15) is 0 Å². The lowest BCUT2D eigenvalue weighted by atomic mass is 12.0. The molecule has 5 heavy (non-hydrogen) atoms. The zero-order valence-electron chi connectivity index (χ0n) is 3.23. The van der Waals surface area contributed by atoms with E-state index < -0.39 is 0 Å². The molecule has 0 aliphatic rings. The molecule has 0 spiro atoms. The third-order valence-electron chi connectivity index (χ3n) is 0.252. The van der Waals surface area contributed by atoms with Gasteiger partial charge in [0.15, 0.2) is 0 Å². The van der Waals surface area contributed by atoms with Gasteiger partial charge in [0.2, 0.25) is 0 Å². The number of hydrogen-bond acceptors (Lipinski definition) is 1. The molecular formula is C2H6ClPS. The molecule has 0 aliphatic heterocycles. The van der Waals surface area contributed by atoms with Crippen LogP contribution in [0, 0.1) is 0 Å². The van der Waals surface area contributed by atoms with Crippen LogP contribution in [0.3, 0.4) is 0 Å². The maximum atomic E-state index is 5.49. The monoisotopic (exact) mass is 128 g/mol. The van der Waals surface area contributed by atoms with Crippen LogP contribution in [0.15, 0.2) is 0 Å². The molecule has 1 unspecified atom stereocenters. The summed E-state index contributed by atoms with van der Waals surface area (Å²) in [5.74, 6) is 0. The lowest BCUT2D eigenvalue weighted by Crippen LogP contribution is -1.36. The van der Waals surface area contributed by atoms with Gasteiger partial charge in [0, 0.05) is 6.48 Å². The molecule has 0 heterocycles. The summed E-state index contributed by atoms with van der Waals surface area (Å²) in [6.07, 6.45) is 2.01. The lowest BCUT2D eigenvalue weighted by molar-refractivity contribution is 2.47. The van der Waals surface area contributed by atoms with Crippen molar-refractivity contribution in [2.24, 2.45) is 0 Å². The van der Waals surface area contributed by atoms with Gasteiger partial charge in [-0.15, -0.1) is 11.4 Å². The van der Waals surface area contributed by atoms with Gasteiger partial charge in [-0.25, -0.2) is 0 Å². The molecule has 0 radical (unpaired) electrons. The highest BCUT2D eigenvalue weighted by Crippen LogP contribution is 2.48. The first-order chi connectivity index (χ1) is 2.27. The van der Waals surface area contributed by atoms with Crippen LogP contribution in [-0.4, -0.2) is 12.9 Å². The smallest absolute Gasteiger partial charge is 0.0458 e. The molecule has 0 rings (SSSR count). The van der Waals surface area contributed by atoms with Crippen molar-refractivity contribution in [2.45, 2.75) is 0 Å². The van der Waals surface area contributed by atoms with Gasteiger partial charge in [0.1, 0.15) is 0 Å². The summed E-state index contributed by atoms with van der Waals surface area (Å²) >= 11 is 7.20. The fourth-order valence-electron chi connectivity index (χ4n) is 0. The average Bonchev–Trinajstić information content (AvgIpc) is 1.38. The van der Waals surface area contributed by atoms with Gasteiger partial charge in [-0.1, -0.05) is 11.2 Å². The Morgan fingerprint density at radius 3 is 2.00 bits per heavy atom. The second-order valence-corrected chi connectivity index (χ2v) is 6.67. The van der Waals surface area contributed by atoms with E-state index in [1.165, 1.54) is 0 Å². The van der Waals surface area contributed by atoms with Gasteiger partial charge < -0.3 is 0 Å². The van der Waals surface area contributed by atoms with E-state index in [0.717, 1.165) is 0 Å². The Morgan fingerprint density at radius 1 is 1.80 bits per heavy atom. The molecule has 0 aliphatic carbocycles. The first kappa shape index (κ1) is 6.07. The molecule has 0 aromatic heterocycles. The Labute approximate surface area is 42.6 Å². The Bertz CT molecular complexity index is 23.6. The predicted octanol–water partition coefficient (Wildman–Crippen LogP) is 2.53. The largest absolute Gasteiger partial charge is 0.121 e. The van der Waals surface area contributed by atoms with Crippen molar-refractivity contribution >= 4 is 29.1 Å². The van der Waals surface area contributed by atoms with E-state index in [1.807, 2.05) is 12.9 Å². The van der Waals surface area contributed by atoms with Gasteiger partial charge in [-0.3, -0.25) is 0 Å². The molecule has 0 N–H and O–H groups in total. The number of halogens is 1. The average molecular weight is 129 g/mol. The van der Waals surface area contributed by atoms with Gasteiger partial charge in [0.05, 0.1) is 0 Å². The summed E-state index contributed by atoms with van der Waals surface area (Å²) in [5, 5.41) is 0.